The van der Waals surface area contributed by atoms with E-state index in [1.165, 1.54) is 38.5 Å². The molecule has 1 aliphatic carbocycles. The number of aliphatic hydroxyl groups excluding tert-OH is 1. The molecule has 0 amide bonds. The fraction of sp³-hybridized carbons (Fsp3) is 1.00. The number of unbranched alkanes of at least 4 members (excludes halogenated alkanes) is 1. The molecule has 0 bridgehead atoms. The van der Waals surface area contributed by atoms with E-state index in [-0.39, 0.29) is 6.10 Å². The summed E-state index contributed by atoms with van der Waals surface area (Å²) in [6.45, 7) is 4.43. The molecule has 1 saturated carbocycles. The lowest BCUT2D eigenvalue weighted by Gasteiger charge is -2.34. The second-order valence-electron chi connectivity index (χ2n) is 4.49. The minimum atomic E-state index is 0.00491. The second-order valence-corrected chi connectivity index (χ2v) is 4.49. The van der Waals surface area contributed by atoms with Crippen molar-refractivity contribution in [2.45, 2.75) is 64.9 Å². The van der Waals surface area contributed by atoms with Crippen LogP contribution in [0.4, 0.5) is 0 Å². The average molecular weight is 184 g/mol. The number of hydrogen-bond donors (Lipinski definition) is 1. The summed E-state index contributed by atoms with van der Waals surface area (Å²) in [6, 6.07) is 0. The van der Waals surface area contributed by atoms with Crippen LogP contribution in [0.25, 0.3) is 0 Å². The molecule has 1 nitrogen and oxygen atoms in total. The van der Waals surface area contributed by atoms with E-state index < -0.39 is 0 Å². The lowest BCUT2D eigenvalue weighted by molar-refractivity contribution is 0.0115. The van der Waals surface area contributed by atoms with Crippen molar-refractivity contribution in [1.29, 1.82) is 0 Å². The topological polar surface area (TPSA) is 20.2 Å². The Bertz CT molecular complexity index is 133. The third kappa shape index (κ3) is 2.98. The highest BCUT2D eigenvalue weighted by molar-refractivity contribution is 4.80. The minimum absolute atomic E-state index is 0.00491. The van der Waals surface area contributed by atoms with Gasteiger partial charge in [-0.2, -0.15) is 0 Å². The summed E-state index contributed by atoms with van der Waals surface area (Å²) < 4.78 is 0. The van der Waals surface area contributed by atoms with E-state index >= 15 is 0 Å². The first-order valence-corrected chi connectivity index (χ1v) is 5.97. The van der Waals surface area contributed by atoms with E-state index in [2.05, 4.69) is 13.8 Å². The summed E-state index contributed by atoms with van der Waals surface area (Å²) in [6.07, 6.45) is 8.81. The van der Waals surface area contributed by atoms with Crippen LogP contribution in [0.3, 0.4) is 0 Å². The molecule has 1 aliphatic rings. The molecule has 0 aromatic carbocycles. The Labute approximate surface area is 82.5 Å². The minimum Gasteiger partial charge on any atom is -0.393 e. The maximum Gasteiger partial charge on any atom is 0.0596 e. The predicted octanol–water partition coefficient (Wildman–Crippen LogP) is 3.36. The molecule has 3 unspecified atom stereocenters. The maximum absolute atomic E-state index is 10.1. The SMILES string of the molecule is CCCCC1CCCC(CC)C1O. The van der Waals surface area contributed by atoms with Crippen LogP contribution < -0.4 is 0 Å². The molecule has 0 aromatic heterocycles. The molecule has 0 heterocycles. The molecule has 1 rings (SSSR count). The molecule has 1 heteroatoms. The van der Waals surface area contributed by atoms with Crippen molar-refractivity contribution in [1.82, 2.24) is 0 Å². The maximum atomic E-state index is 10.1. The Morgan fingerprint density at radius 3 is 2.46 bits per heavy atom. The summed E-state index contributed by atoms with van der Waals surface area (Å²) >= 11 is 0. The third-order valence-electron chi connectivity index (χ3n) is 3.57. The smallest absolute Gasteiger partial charge is 0.0596 e. The van der Waals surface area contributed by atoms with Gasteiger partial charge in [-0.25, -0.2) is 0 Å². The molecule has 0 spiro atoms. The van der Waals surface area contributed by atoms with E-state index in [0.29, 0.717) is 11.8 Å². The van der Waals surface area contributed by atoms with Crippen LogP contribution in [0, 0.1) is 11.8 Å². The number of aliphatic hydroxyl groups is 1. The highest BCUT2D eigenvalue weighted by atomic mass is 16.3. The Hall–Kier alpha value is -0.0400. The molecule has 3 atom stereocenters. The van der Waals surface area contributed by atoms with Crippen molar-refractivity contribution in [3.63, 3.8) is 0 Å². The first-order chi connectivity index (χ1) is 6.29. The van der Waals surface area contributed by atoms with Crippen LogP contribution in [0.15, 0.2) is 0 Å². The molecule has 0 aliphatic heterocycles. The monoisotopic (exact) mass is 184 g/mol. The molecule has 1 N–H and O–H groups in total. The van der Waals surface area contributed by atoms with Crippen molar-refractivity contribution in [3.05, 3.63) is 0 Å². The van der Waals surface area contributed by atoms with Crippen molar-refractivity contribution < 1.29 is 5.11 Å². The molecule has 13 heavy (non-hydrogen) atoms. The largest absolute Gasteiger partial charge is 0.393 e. The number of hydrogen-bond acceptors (Lipinski definition) is 1. The van der Waals surface area contributed by atoms with Crippen molar-refractivity contribution in [2.75, 3.05) is 0 Å². The lowest BCUT2D eigenvalue weighted by atomic mass is 9.75. The Kier molecular flexibility index (Phi) is 4.79. The van der Waals surface area contributed by atoms with Gasteiger partial charge in [0.25, 0.3) is 0 Å². The standard InChI is InChI=1S/C12H24O/c1-3-5-7-11-9-6-8-10(4-2)12(11)13/h10-13H,3-9H2,1-2H3. The van der Waals surface area contributed by atoms with Gasteiger partial charge in [-0.15, -0.1) is 0 Å². The van der Waals surface area contributed by atoms with Crippen LogP contribution in [0.2, 0.25) is 0 Å². The predicted molar refractivity (Wildman–Crippen MR) is 56.7 cm³/mol. The Morgan fingerprint density at radius 1 is 1.15 bits per heavy atom. The van der Waals surface area contributed by atoms with Gasteiger partial charge in [0.15, 0.2) is 0 Å². The van der Waals surface area contributed by atoms with Crippen LogP contribution in [-0.2, 0) is 0 Å². The average Bonchev–Trinajstić information content (AvgIpc) is 2.16. The van der Waals surface area contributed by atoms with Crippen LogP contribution >= 0.6 is 0 Å². The van der Waals surface area contributed by atoms with Gasteiger partial charge >= 0.3 is 0 Å². The van der Waals surface area contributed by atoms with Gasteiger partial charge in [-0.05, 0) is 31.1 Å². The molecule has 78 valence electrons. The molecular weight excluding hydrogens is 160 g/mol. The normalized spacial score (nSPS) is 34.8. The van der Waals surface area contributed by atoms with E-state index in [1.54, 1.807) is 0 Å². The zero-order valence-electron chi connectivity index (χ0n) is 9.13. The van der Waals surface area contributed by atoms with Gasteiger partial charge in [0.1, 0.15) is 0 Å². The van der Waals surface area contributed by atoms with Crippen molar-refractivity contribution >= 4 is 0 Å². The van der Waals surface area contributed by atoms with E-state index in [4.69, 9.17) is 0 Å². The van der Waals surface area contributed by atoms with Crippen LogP contribution in [0.5, 0.6) is 0 Å². The summed E-state index contributed by atoms with van der Waals surface area (Å²) in [5.41, 5.74) is 0. The third-order valence-corrected chi connectivity index (χ3v) is 3.57. The summed E-state index contributed by atoms with van der Waals surface area (Å²) in [4.78, 5) is 0. The van der Waals surface area contributed by atoms with Crippen molar-refractivity contribution in [2.24, 2.45) is 11.8 Å². The second kappa shape index (κ2) is 5.64. The molecule has 0 saturated heterocycles. The summed E-state index contributed by atoms with van der Waals surface area (Å²) in [5, 5.41) is 10.1. The van der Waals surface area contributed by atoms with Gasteiger partial charge in [0, 0.05) is 0 Å². The first-order valence-electron chi connectivity index (χ1n) is 5.97. The van der Waals surface area contributed by atoms with Gasteiger partial charge in [-0.3, -0.25) is 0 Å². The van der Waals surface area contributed by atoms with E-state index in [0.717, 1.165) is 6.42 Å². The van der Waals surface area contributed by atoms with Crippen LogP contribution in [0.1, 0.15) is 58.8 Å². The number of rotatable bonds is 4. The molecule has 0 aromatic rings. The summed E-state index contributed by atoms with van der Waals surface area (Å²) in [7, 11) is 0. The highest BCUT2D eigenvalue weighted by Crippen LogP contribution is 2.34. The molecule has 0 radical (unpaired) electrons. The summed E-state index contributed by atoms with van der Waals surface area (Å²) in [5.74, 6) is 1.20. The van der Waals surface area contributed by atoms with E-state index in [9.17, 15) is 5.11 Å². The first kappa shape index (κ1) is 11.0. The zero-order chi connectivity index (χ0) is 9.68. The Balaban J connectivity index is 2.35. The van der Waals surface area contributed by atoms with Crippen molar-refractivity contribution in [3.8, 4) is 0 Å². The van der Waals surface area contributed by atoms with Crippen LogP contribution in [-0.4, -0.2) is 11.2 Å². The van der Waals surface area contributed by atoms with Gasteiger partial charge in [-0.1, -0.05) is 39.5 Å². The van der Waals surface area contributed by atoms with E-state index in [1.807, 2.05) is 0 Å². The van der Waals surface area contributed by atoms with Gasteiger partial charge in [0.05, 0.1) is 6.10 Å². The molecule has 1 fully saturated rings. The van der Waals surface area contributed by atoms with Gasteiger partial charge < -0.3 is 5.11 Å². The van der Waals surface area contributed by atoms with Gasteiger partial charge in [0.2, 0.25) is 0 Å². The highest BCUT2D eigenvalue weighted by Gasteiger charge is 2.29. The lowest BCUT2D eigenvalue weighted by Crippen LogP contribution is -2.32. The fourth-order valence-electron chi connectivity index (χ4n) is 2.60. The fourth-order valence-corrected chi connectivity index (χ4v) is 2.60. The Morgan fingerprint density at radius 2 is 1.85 bits per heavy atom. The molecular formula is C12H24O. The zero-order valence-corrected chi connectivity index (χ0v) is 9.13. The quantitative estimate of drug-likeness (QED) is 0.710.